The number of para-hydroxylation sites is 1. The van der Waals surface area contributed by atoms with Gasteiger partial charge in [0.15, 0.2) is 0 Å². The largest absolute Gasteiger partial charge is 0.343 e. The van der Waals surface area contributed by atoms with E-state index in [2.05, 4.69) is 15.6 Å². The number of rotatable bonds is 8. The van der Waals surface area contributed by atoms with Gasteiger partial charge in [-0.1, -0.05) is 31.4 Å². The zero-order valence-electron chi connectivity index (χ0n) is 21.5. The number of halogens is 1. The fourth-order valence-electron chi connectivity index (χ4n) is 5.49. The van der Waals surface area contributed by atoms with E-state index in [1.165, 1.54) is 12.5 Å². The smallest absolute Gasteiger partial charge is 0.245 e. The maximum Gasteiger partial charge on any atom is 0.245 e. The monoisotopic (exact) mass is 495 g/mol. The maximum absolute atomic E-state index is 14.4. The number of nitrogens with zero attached hydrogens (tertiary/aromatic N) is 3. The molecule has 1 saturated carbocycles. The Morgan fingerprint density at radius 2 is 1.86 bits per heavy atom. The molecule has 7 nitrogen and oxygen atoms in total. The third-order valence-corrected chi connectivity index (χ3v) is 7.76. The van der Waals surface area contributed by atoms with E-state index in [1.54, 1.807) is 50.3 Å². The highest BCUT2D eigenvalue weighted by Gasteiger charge is 2.39. The lowest BCUT2D eigenvalue weighted by molar-refractivity contribution is -0.139. The molecule has 0 radical (unpaired) electrons. The van der Waals surface area contributed by atoms with Crippen molar-refractivity contribution in [1.29, 1.82) is 0 Å². The van der Waals surface area contributed by atoms with Crippen molar-refractivity contribution in [2.75, 3.05) is 25.5 Å². The van der Waals surface area contributed by atoms with E-state index in [9.17, 15) is 14.0 Å². The molecule has 1 aliphatic heterocycles. The van der Waals surface area contributed by atoms with Gasteiger partial charge in [0.05, 0.1) is 17.8 Å². The standard InChI is InChI=1S/C28H38FN5O2/c1-19(30-2)27(35)32-26(20-10-5-4-6-11-20)28(36)34-17-9-14-23(34)21-15-16-31-25(18-21)33(3)24-13-8-7-12-22(24)29/h7-8,12-13,15-16,18-20,23,26,30H,4-6,9-11,14,17H2,1-3H3,(H,32,35)/t19-,23-,26-/m0/s1. The molecule has 1 aliphatic carbocycles. The number of benzene rings is 1. The Hall–Kier alpha value is -3.00. The van der Waals surface area contributed by atoms with Gasteiger partial charge in [-0.15, -0.1) is 0 Å². The summed E-state index contributed by atoms with van der Waals surface area (Å²) in [5.41, 5.74) is 1.42. The minimum absolute atomic E-state index is 0.00173. The molecule has 194 valence electrons. The highest BCUT2D eigenvalue weighted by molar-refractivity contribution is 5.90. The van der Waals surface area contributed by atoms with Gasteiger partial charge in [-0.25, -0.2) is 9.37 Å². The highest BCUT2D eigenvalue weighted by atomic mass is 19.1. The first-order chi connectivity index (χ1) is 17.4. The van der Waals surface area contributed by atoms with Crippen molar-refractivity contribution in [2.24, 2.45) is 5.92 Å². The number of likely N-dealkylation sites (N-methyl/N-ethyl adjacent to an activating group) is 1. The SMILES string of the molecule is CN[C@@H](C)C(=O)N[C@H](C(=O)N1CCC[C@H]1c1ccnc(N(C)c2ccccc2F)c1)C1CCCCC1. The second-order valence-electron chi connectivity index (χ2n) is 10.0. The Labute approximate surface area is 213 Å². The fraction of sp³-hybridized carbons (Fsp3) is 0.536. The van der Waals surface area contributed by atoms with Gasteiger partial charge in [-0.2, -0.15) is 0 Å². The summed E-state index contributed by atoms with van der Waals surface area (Å²) in [6.45, 7) is 2.46. The van der Waals surface area contributed by atoms with Crippen LogP contribution in [0.15, 0.2) is 42.6 Å². The third-order valence-electron chi connectivity index (χ3n) is 7.76. The number of likely N-dealkylation sites (tertiary alicyclic amines) is 1. The van der Waals surface area contributed by atoms with E-state index in [0.29, 0.717) is 18.1 Å². The molecule has 1 aromatic carbocycles. The molecule has 0 bridgehead atoms. The molecule has 2 fully saturated rings. The van der Waals surface area contributed by atoms with Crippen LogP contribution in [0.5, 0.6) is 0 Å². The Bertz CT molecular complexity index is 1060. The number of amides is 2. The fourth-order valence-corrected chi connectivity index (χ4v) is 5.49. The van der Waals surface area contributed by atoms with E-state index >= 15 is 0 Å². The number of anilines is 2. The second-order valence-corrected chi connectivity index (χ2v) is 10.0. The number of aromatic nitrogens is 1. The van der Waals surface area contributed by atoms with Gasteiger partial charge in [-0.3, -0.25) is 9.59 Å². The summed E-state index contributed by atoms with van der Waals surface area (Å²) in [4.78, 5) is 34.9. The topological polar surface area (TPSA) is 77.6 Å². The van der Waals surface area contributed by atoms with Crippen LogP contribution in [0.25, 0.3) is 0 Å². The molecule has 2 N–H and O–H groups in total. The van der Waals surface area contributed by atoms with E-state index in [0.717, 1.165) is 44.1 Å². The first-order valence-corrected chi connectivity index (χ1v) is 13.1. The minimum atomic E-state index is -0.517. The van der Waals surface area contributed by atoms with Gasteiger partial charge in [0, 0.05) is 19.8 Å². The van der Waals surface area contributed by atoms with Crippen LogP contribution in [-0.4, -0.2) is 54.4 Å². The van der Waals surface area contributed by atoms with Gasteiger partial charge < -0.3 is 20.4 Å². The zero-order chi connectivity index (χ0) is 25.7. The van der Waals surface area contributed by atoms with Crippen molar-refractivity contribution < 1.29 is 14.0 Å². The van der Waals surface area contributed by atoms with Crippen molar-refractivity contribution in [2.45, 2.75) is 70.0 Å². The second kappa shape index (κ2) is 11.8. The molecule has 2 heterocycles. The van der Waals surface area contributed by atoms with Gasteiger partial charge in [0.1, 0.15) is 17.7 Å². The van der Waals surface area contributed by atoms with Crippen molar-refractivity contribution >= 4 is 23.3 Å². The number of hydrogen-bond acceptors (Lipinski definition) is 5. The lowest BCUT2D eigenvalue weighted by atomic mass is 9.83. The lowest BCUT2D eigenvalue weighted by Gasteiger charge is -2.35. The van der Waals surface area contributed by atoms with Gasteiger partial charge in [0.25, 0.3) is 0 Å². The molecule has 2 aliphatic rings. The predicted molar refractivity (Wildman–Crippen MR) is 139 cm³/mol. The summed E-state index contributed by atoms with van der Waals surface area (Å²) < 4.78 is 14.4. The number of pyridine rings is 1. The van der Waals surface area contributed by atoms with Gasteiger partial charge in [-0.05, 0) is 75.4 Å². The van der Waals surface area contributed by atoms with Crippen molar-refractivity contribution in [1.82, 2.24) is 20.5 Å². The van der Waals surface area contributed by atoms with Crippen molar-refractivity contribution in [3.8, 4) is 0 Å². The average molecular weight is 496 g/mol. The van der Waals surface area contributed by atoms with E-state index < -0.39 is 6.04 Å². The molecule has 2 aromatic rings. The van der Waals surface area contributed by atoms with Crippen molar-refractivity contribution in [3.05, 3.63) is 54.0 Å². The van der Waals surface area contributed by atoms with E-state index in [1.807, 2.05) is 17.0 Å². The molecule has 0 unspecified atom stereocenters. The van der Waals surface area contributed by atoms with Crippen LogP contribution in [-0.2, 0) is 9.59 Å². The van der Waals surface area contributed by atoms with Gasteiger partial charge >= 0.3 is 0 Å². The average Bonchev–Trinajstić information content (AvgIpc) is 3.41. The van der Waals surface area contributed by atoms with Crippen LogP contribution in [0.4, 0.5) is 15.9 Å². The summed E-state index contributed by atoms with van der Waals surface area (Å²) in [6, 6.07) is 9.51. The number of nitrogens with one attached hydrogen (secondary N) is 2. The molecule has 3 atom stereocenters. The zero-order valence-corrected chi connectivity index (χ0v) is 21.5. The molecule has 0 spiro atoms. The molecule has 1 saturated heterocycles. The first-order valence-electron chi connectivity index (χ1n) is 13.1. The molecular formula is C28H38FN5O2. The normalized spacial score (nSPS) is 20.1. The Kier molecular flexibility index (Phi) is 8.56. The van der Waals surface area contributed by atoms with E-state index in [-0.39, 0.29) is 35.6 Å². The number of carbonyl (C=O) groups excluding carboxylic acids is 2. The summed E-state index contributed by atoms with van der Waals surface area (Å²) in [5.74, 6) is 0.320. The predicted octanol–water partition coefficient (Wildman–Crippen LogP) is 4.33. The quantitative estimate of drug-likeness (QED) is 0.570. The summed E-state index contributed by atoms with van der Waals surface area (Å²) in [5, 5.41) is 6.06. The van der Waals surface area contributed by atoms with Crippen LogP contribution in [0.2, 0.25) is 0 Å². The Morgan fingerprint density at radius 3 is 2.58 bits per heavy atom. The van der Waals surface area contributed by atoms with Crippen molar-refractivity contribution in [3.63, 3.8) is 0 Å². The molecular weight excluding hydrogens is 457 g/mol. The summed E-state index contributed by atoms with van der Waals surface area (Å²) >= 11 is 0. The first kappa shape index (κ1) is 26.1. The molecule has 8 heteroatoms. The van der Waals surface area contributed by atoms with Crippen LogP contribution >= 0.6 is 0 Å². The molecule has 1 aromatic heterocycles. The molecule has 36 heavy (non-hydrogen) atoms. The van der Waals surface area contributed by atoms with Gasteiger partial charge in [0.2, 0.25) is 11.8 Å². The van der Waals surface area contributed by atoms with E-state index in [4.69, 9.17) is 0 Å². The minimum Gasteiger partial charge on any atom is -0.343 e. The lowest BCUT2D eigenvalue weighted by Crippen LogP contribution is -2.55. The Morgan fingerprint density at radius 1 is 1.11 bits per heavy atom. The Balaban J connectivity index is 1.57. The highest BCUT2D eigenvalue weighted by Crippen LogP contribution is 2.36. The maximum atomic E-state index is 14.4. The number of hydrogen-bond donors (Lipinski definition) is 2. The summed E-state index contributed by atoms with van der Waals surface area (Å²) in [7, 11) is 3.54. The van der Waals surface area contributed by atoms with Crippen LogP contribution < -0.4 is 15.5 Å². The summed E-state index contributed by atoms with van der Waals surface area (Å²) in [6.07, 6.45) is 8.73. The number of carbonyl (C=O) groups is 2. The van der Waals surface area contributed by atoms with Crippen LogP contribution in [0.1, 0.15) is 63.5 Å². The molecule has 4 rings (SSSR count). The van der Waals surface area contributed by atoms with Crippen LogP contribution in [0.3, 0.4) is 0 Å². The molecule has 2 amide bonds. The third kappa shape index (κ3) is 5.69. The van der Waals surface area contributed by atoms with Crippen LogP contribution in [0, 0.1) is 11.7 Å².